The molecule has 3 aromatic carbocycles. The number of hydrogen-bond acceptors (Lipinski definition) is 7. The zero-order valence-electron chi connectivity index (χ0n) is 20.8. The maximum Gasteiger partial charge on any atom is 0.373 e. The third-order valence-electron chi connectivity index (χ3n) is 5.97. The second kappa shape index (κ2) is 11.5. The highest BCUT2D eigenvalue weighted by Gasteiger charge is 2.26. The number of halogens is 2. The van der Waals surface area contributed by atoms with Gasteiger partial charge in [0.1, 0.15) is 12.1 Å². The van der Waals surface area contributed by atoms with Crippen molar-refractivity contribution in [2.45, 2.75) is 32.6 Å². The summed E-state index contributed by atoms with van der Waals surface area (Å²) in [5.74, 6) is -0.125. The number of nitrogens with one attached hydrogen (secondary N) is 1. The second-order valence-electron chi connectivity index (χ2n) is 8.89. The molecule has 0 saturated carbocycles. The van der Waals surface area contributed by atoms with E-state index in [2.05, 4.69) is 35.2 Å². The van der Waals surface area contributed by atoms with Gasteiger partial charge in [-0.1, -0.05) is 67.4 Å². The molecule has 38 heavy (non-hydrogen) atoms. The number of aryl methyl sites for hydroxylation is 1. The molecule has 0 amide bonds. The lowest BCUT2D eigenvalue weighted by Gasteiger charge is -2.16. The number of rotatable bonds is 8. The van der Waals surface area contributed by atoms with E-state index in [-0.39, 0.29) is 11.7 Å². The Bertz CT molecular complexity index is 1520. The number of ether oxygens (including phenoxy) is 1. The molecule has 1 aromatic heterocycles. The molecule has 8 nitrogen and oxygen atoms in total. The van der Waals surface area contributed by atoms with E-state index in [0.717, 1.165) is 11.1 Å². The zero-order valence-corrected chi connectivity index (χ0v) is 22.3. The van der Waals surface area contributed by atoms with Crippen molar-refractivity contribution in [1.29, 1.82) is 5.26 Å². The first-order chi connectivity index (χ1) is 18.2. The van der Waals surface area contributed by atoms with Gasteiger partial charge < -0.3 is 10.1 Å². The fraction of sp³-hybridized carbons (Fsp3) is 0.179. The number of nitrogens with zero attached hydrogens (tertiary/aromatic N) is 4. The van der Waals surface area contributed by atoms with Gasteiger partial charge in [-0.3, -0.25) is 10.1 Å². The Hall–Kier alpha value is -4.19. The van der Waals surface area contributed by atoms with E-state index in [1.54, 1.807) is 55.5 Å². The third kappa shape index (κ3) is 5.86. The zero-order chi connectivity index (χ0) is 27.4. The van der Waals surface area contributed by atoms with Gasteiger partial charge in [0.2, 0.25) is 5.82 Å². The largest absolute Gasteiger partial charge is 0.434 e. The van der Waals surface area contributed by atoms with Crippen LogP contribution in [0.1, 0.15) is 47.9 Å². The Balaban J connectivity index is 1.66. The summed E-state index contributed by atoms with van der Waals surface area (Å²) in [5, 5.41) is 25.7. The predicted molar refractivity (Wildman–Crippen MR) is 148 cm³/mol. The molecule has 1 unspecified atom stereocenters. The number of benzene rings is 3. The standard InChI is InChI=1S/C28H23Cl2N5O3/c1-16(2)18-6-10-21(11-7-18)38-28-26(35(36)37)27(32-15-33-28)34-25-13-24(30)22(12-17(25)3)23(14-31)19-4-8-20(29)9-5-19/h4-13,15-16,23H,1-3H3,(H,32,33,34). The summed E-state index contributed by atoms with van der Waals surface area (Å²) >= 11 is 12.6. The highest BCUT2D eigenvalue weighted by Crippen LogP contribution is 2.39. The van der Waals surface area contributed by atoms with Crippen LogP contribution in [0.15, 0.2) is 67.0 Å². The highest BCUT2D eigenvalue weighted by molar-refractivity contribution is 6.32. The van der Waals surface area contributed by atoms with E-state index in [4.69, 9.17) is 27.9 Å². The van der Waals surface area contributed by atoms with Crippen molar-refractivity contribution in [2.24, 2.45) is 0 Å². The summed E-state index contributed by atoms with van der Waals surface area (Å²) in [6.07, 6.45) is 1.19. The Morgan fingerprint density at radius 3 is 2.29 bits per heavy atom. The number of aromatic nitrogens is 2. The first kappa shape index (κ1) is 26.9. The molecule has 0 aliphatic carbocycles. The summed E-state index contributed by atoms with van der Waals surface area (Å²) in [7, 11) is 0. The van der Waals surface area contributed by atoms with Gasteiger partial charge in [0.05, 0.1) is 16.9 Å². The van der Waals surface area contributed by atoms with Crippen LogP contribution in [0.4, 0.5) is 17.2 Å². The van der Waals surface area contributed by atoms with Crippen LogP contribution in [0.3, 0.4) is 0 Å². The normalized spacial score (nSPS) is 11.6. The molecule has 0 fully saturated rings. The number of nitriles is 1. The molecule has 1 heterocycles. The minimum Gasteiger partial charge on any atom is -0.434 e. The first-order valence-corrected chi connectivity index (χ1v) is 12.4. The van der Waals surface area contributed by atoms with Crippen LogP contribution in [0.5, 0.6) is 11.6 Å². The minimum absolute atomic E-state index is 0.0553. The highest BCUT2D eigenvalue weighted by atomic mass is 35.5. The van der Waals surface area contributed by atoms with Crippen LogP contribution < -0.4 is 10.1 Å². The van der Waals surface area contributed by atoms with Crippen molar-refractivity contribution in [3.63, 3.8) is 0 Å². The van der Waals surface area contributed by atoms with Gasteiger partial charge in [-0.05, 0) is 65.4 Å². The van der Waals surface area contributed by atoms with Gasteiger partial charge in [-0.15, -0.1) is 0 Å². The van der Waals surface area contributed by atoms with Gasteiger partial charge in [0.15, 0.2) is 0 Å². The Morgan fingerprint density at radius 2 is 1.68 bits per heavy atom. The molecule has 0 aliphatic heterocycles. The molecular formula is C28H23Cl2N5O3. The monoisotopic (exact) mass is 547 g/mol. The summed E-state index contributed by atoms with van der Waals surface area (Å²) in [6, 6.07) is 19.9. The van der Waals surface area contributed by atoms with E-state index >= 15 is 0 Å². The maximum atomic E-state index is 12.0. The van der Waals surface area contributed by atoms with E-state index in [0.29, 0.717) is 38.5 Å². The Kier molecular flexibility index (Phi) is 8.10. The van der Waals surface area contributed by atoms with Crippen LogP contribution >= 0.6 is 23.2 Å². The SMILES string of the molecule is Cc1cc(C(C#N)c2ccc(Cl)cc2)c(Cl)cc1Nc1ncnc(Oc2ccc(C(C)C)cc2)c1[N+](=O)[O-]. The number of nitro groups is 1. The average molecular weight is 548 g/mol. The van der Waals surface area contributed by atoms with Gasteiger partial charge in [-0.2, -0.15) is 10.2 Å². The van der Waals surface area contributed by atoms with Gasteiger partial charge in [0, 0.05) is 15.7 Å². The molecule has 4 rings (SSSR count). The fourth-order valence-electron chi connectivity index (χ4n) is 3.89. The minimum atomic E-state index is -0.622. The summed E-state index contributed by atoms with van der Waals surface area (Å²) < 4.78 is 5.76. The molecule has 0 radical (unpaired) electrons. The van der Waals surface area contributed by atoms with Crippen LogP contribution in [0.2, 0.25) is 10.0 Å². The molecule has 4 aromatic rings. The number of anilines is 2. The van der Waals surface area contributed by atoms with Crippen LogP contribution in [0.25, 0.3) is 0 Å². The maximum absolute atomic E-state index is 12.0. The molecular weight excluding hydrogens is 525 g/mol. The first-order valence-electron chi connectivity index (χ1n) is 11.7. The van der Waals surface area contributed by atoms with Crippen molar-refractivity contribution in [2.75, 3.05) is 5.32 Å². The van der Waals surface area contributed by atoms with Crippen molar-refractivity contribution in [3.05, 3.63) is 109 Å². The van der Waals surface area contributed by atoms with Crippen molar-refractivity contribution in [1.82, 2.24) is 9.97 Å². The predicted octanol–water partition coefficient (Wildman–Crippen LogP) is 8.31. The lowest BCUT2D eigenvalue weighted by atomic mass is 9.91. The van der Waals surface area contributed by atoms with Crippen LogP contribution in [-0.4, -0.2) is 14.9 Å². The van der Waals surface area contributed by atoms with Crippen molar-refractivity contribution in [3.8, 4) is 17.7 Å². The molecule has 1 N–H and O–H groups in total. The fourth-order valence-corrected chi connectivity index (χ4v) is 4.29. The van der Waals surface area contributed by atoms with E-state index in [9.17, 15) is 15.4 Å². The Morgan fingerprint density at radius 1 is 1.03 bits per heavy atom. The van der Waals surface area contributed by atoms with E-state index < -0.39 is 16.5 Å². The summed E-state index contributed by atoms with van der Waals surface area (Å²) in [6.45, 7) is 5.95. The quantitative estimate of drug-likeness (QED) is 0.174. The lowest BCUT2D eigenvalue weighted by molar-refractivity contribution is -0.385. The van der Waals surface area contributed by atoms with Gasteiger partial charge in [0.25, 0.3) is 0 Å². The van der Waals surface area contributed by atoms with E-state index in [1.165, 1.54) is 6.33 Å². The molecule has 10 heteroatoms. The number of hydrogen-bond donors (Lipinski definition) is 1. The molecule has 0 spiro atoms. The Labute approximate surface area is 230 Å². The molecule has 0 saturated heterocycles. The molecule has 0 bridgehead atoms. The van der Waals surface area contributed by atoms with E-state index in [1.807, 2.05) is 12.1 Å². The molecule has 0 aliphatic rings. The smallest absolute Gasteiger partial charge is 0.373 e. The molecule has 192 valence electrons. The van der Waals surface area contributed by atoms with Crippen molar-refractivity contribution >= 4 is 40.4 Å². The van der Waals surface area contributed by atoms with Crippen molar-refractivity contribution < 1.29 is 9.66 Å². The topological polar surface area (TPSA) is 114 Å². The van der Waals surface area contributed by atoms with Crippen LogP contribution in [0, 0.1) is 28.4 Å². The van der Waals surface area contributed by atoms with Gasteiger partial charge >= 0.3 is 11.6 Å². The van der Waals surface area contributed by atoms with Crippen LogP contribution in [-0.2, 0) is 0 Å². The second-order valence-corrected chi connectivity index (χ2v) is 9.73. The van der Waals surface area contributed by atoms with Gasteiger partial charge in [-0.25, -0.2) is 4.98 Å². The average Bonchev–Trinajstić information content (AvgIpc) is 2.88. The third-order valence-corrected chi connectivity index (χ3v) is 6.55. The molecule has 1 atom stereocenters. The lowest BCUT2D eigenvalue weighted by Crippen LogP contribution is -2.06. The summed E-state index contributed by atoms with van der Waals surface area (Å²) in [5.41, 5.74) is 3.23. The summed E-state index contributed by atoms with van der Waals surface area (Å²) in [4.78, 5) is 19.5.